The molecule has 0 radical (unpaired) electrons. The number of hydrogen-bond acceptors (Lipinski definition) is 2. The van der Waals surface area contributed by atoms with Crippen molar-refractivity contribution in [3.63, 3.8) is 0 Å². The molecule has 0 aliphatic heterocycles. The number of halogens is 1. The molecule has 2 nitrogen and oxygen atoms in total. The van der Waals surface area contributed by atoms with Crippen molar-refractivity contribution in [2.45, 2.75) is 45.7 Å². The van der Waals surface area contributed by atoms with Crippen LogP contribution in [0.1, 0.15) is 38.7 Å². The molecule has 0 saturated heterocycles. The topological polar surface area (TPSA) is 15.3 Å². The molecule has 1 saturated carbocycles. The second-order valence-electron chi connectivity index (χ2n) is 6.62. The Hall–Kier alpha value is -0.930. The van der Waals surface area contributed by atoms with Gasteiger partial charge in [0, 0.05) is 25.7 Å². The van der Waals surface area contributed by atoms with E-state index < -0.39 is 0 Å². The van der Waals surface area contributed by atoms with Crippen molar-refractivity contribution >= 4 is 0 Å². The van der Waals surface area contributed by atoms with Crippen LogP contribution in [0.25, 0.3) is 0 Å². The normalized spacial score (nSPS) is 18.2. The van der Waals surface area contributed by atoms with Crippen molar-refractivity contribution in [3.05, 3.63) is 35.6 Å². The first-order valence-electron chi connectivity index (χ1n) is 7.67. The molecule has 3 heteroatoms. The van der Waals surface area contributed by atoms with E-state index in [0.29, 0.717) is 0 Å². The summed E-state index contributed by atoms with van der Waals surface area (Å²) in [6.45, 7) is 7.49. The molecule has 0 spiro atoms. The lowest BCUT2D eigenvalue weighted by molar-refractivity contribution is 0.174. The van der Waals surface area contributed by atoms with E-state index in [9.17, 15) is 4.39 Å². The van der Waals surface area contributed by atoms with Gasteiger partial charge in [-0.25, -0.2) is 4.39 Å². The molecule has 1 aliphatic carbocycles. The van der Waals surface area contributed by atoms with Gasteiger partial charge in [-0.05, 0) is 49.4 Å². The molecule has 1 fully saturated rings. The van der Waals surface area contributed by atoms with Crippen molar-refractivity contribution in [2.24, 2.45) is 5.41 Å². The first-order valence-corrected chi connectivity index (χ1v) is 7.67. The van der Waals surface area contributed by atoms with Crippen LogP contribution in [0.5, 0.6) is 0 Å². The van der Waals surface area contributed by atoms with Gasteiger partial charge >= 0.3 is 0 Å². The largest absolute Gasteiger partial charge is 0.313 e. The fourth-order valence-electron chi connectivity index (χ4n) is 2.63. The maximum absolute atomic E-state index is 13.2. The third-order valence-corrected chi connectivity index (χ3v) is 4.24. The van der Waals surface area contributed by atoms with Crippen LogP contribution >= 0.6 is 0 Å². The van der Waals surface area contributed by atoms with Gasteiger partial charge in [0.15, 0.2) is 0 Å². The lowest BCUT2D eigenvalue weighted by Crippen LogP contribution is -2.41. The second kappa shape index (κ2) is 6.68. The minimum atomic E-state index is -0.149. The van der Waals surface area contributed by atoms with Gasteiger partial charge in [-0.15, -0.1) is 0 Å². The van der Waals surface area contributed by atoms with E-state index in [1.165, 1.54) is 18.9 Å². The van der Waals surface area contributed by atoms with Crippen LogP contribution < -0.4 is 5.32 Å². The summed E-state index contributed by atoms with van der Waals surface area (Å²) in [5.74, 6) is -0.149. The Morgan fingerprint density at radius 3 is 2.75 bits per heavy atom. The quantitative estimate of drug-likeness (QED) is 0.784. The Balaban J connectivity index is 1.85. The molecule has 1 N–H and O–H groups in total. The molecule has 2 rings (SSSR count). The van der Waals surface area contributed by atoms with E-state index in [2.05, 4.69) is 31.1 Å². The monoisotopic (exact) mass is 278 g/mol. The van der Waals surface area contributed by atoms with E-state index in [0.717, 1.165) is 37.7 Å². The van der Waals surface area contributed by atoms with E-state index in [1.54, 1.807) is 12.1 Å². The van der Waals surface area contributed by atoms with Gasteiger partial charge in [0.2, 0.25) is 0 Å². The van der Waals surface area contributed by atoms with E-state index in [-0.39, 0.29) is 11.2 Å². The summed E-state index contributed by atoms with van der Waals surface area (Å²) >= 11 is 0. The molecule has 0 aromatic heterocycles. The maximum Gasteiger partial charge on any atom is 0.123 e. The predicted octanol–water partition coefficient (Wildman–Crippen LogP) is 3.43. The van der Waals surface area contributed by atoms with E-state index in [1.807, 2.05) is 6.07 Å². The van der Waals surface area contributed by atoms with Crippen LogP contribution in [-0.4, -0.2) is 31.1 Å². The first-order chi connectivity index (χ1) is 9.50. The van der Waals surface area contributed by atoms with Crippen LogP contribution in [0.15, 0.2) is 24.3 Å². The average Bonchev–Trinajstić information content (AvgIpc) is 3.20. The molecule has 1 aliphatic rings. The standard InChI is InChI=1S/C17H27FN2/c1-4-17(2,12-19-16-8-9-16)13-20(3)11-14-6-5-7-15(18)10-14/h5-7,10,16,19H,4,8-9,11-13H2,1-3H3. The Bertz CT molecular complexity index is 431. The van der Waals surface area contributed by atoms with Crippen LogP contribution in [0.4, 0.5) is 4.39 Å². The van der Waals surface area contributed by atoms with Crippen molar-refractivity contribution in [1.29, 1.82) is 0 Å². The minimum absolute atomic E-state index is 0.149. The van der Waals surface area contributed by atoms with Gasteiger partial charge in [0.1, 0.15) is 5.82 Å². The van der Waals surface area contributed by atoms with Gasteiger partial charge in [0.25, 0.3) is 0 Å². The summed E-state index contributed by atoms with van der Waals surface area (Å²) in [7, 11) is 2.12. The van der Waals surface area contributed by atoms with E-state index >= 15 is 0 Å². The zero-order valence-corrected chi connectivity index (χ0v) is 13.0. The third-order valence-electron chi connectivity index (χ3n) is 4.24. The van der Waals surface area contributed by atoms with Crippen molar-refractivity contribution in [1.82, 2.24) is 10.2 Å². The lowest BCUT2D eigenvalue weighted by atomic mass is 9.86. The van der Waals surface area contributed by atoms with Gasteiger partial charge in [0.05, 0.1) is 0 Å². The highest BCUT2D eigenvalue weighted by Gasteiger charge is 2.28. The van der Waals surface area contributed by atoms with Gasteiger partial charge < -0.3 is 10.2 Å². The molecule has 1 atom stereocenters. The smallest absolute Gasteiger partial charge is 0.123 e. The summed E-state index contributed by atoms with van der Waals surface area (Å²) in [5, 5.41) is 3.64. The number of nitrogens with zero attached hydrogens (tertiary/aromatic N) is 1. The fourth-order valence-corrected chi connectivity index (χ4v) is 2.63. The molecular weight excluding hydrogens is 251 g/mol. The summed E-state index contributed by atoms with van der Waals surface area (Å²) in [5.41, 5.74) is 1.33. The molecule has 112 valence electrons. The van der Waals surface area contributed by atoms with Gasteiger partial charge in [-0.3, -0.25) is 0 Å². The van der Waals surface area contributed by atoms with Crippen LogP contribution in [-0.2, 0) is 6.54 Å². The highest BCUT2D eigenvalue weighted by atomic mass is 19.1. The predicted molar refractivity (Wildman–Crippen MR) is 82.2 cm³/mol. The van der Waals surface area contributed by atoms with Gasteiger partial charge in [-0.2, -0.15) is 0 Å². The average molecular weight is 278 g/mol. The molecule has 1 aromatic carbocycles. The zero-order chi connectivity index (χ0) is 14.6. The summed E-state index contributed by atoms with van der Waals surface area (Å²) in [6.07, 6.45) is 3.82. The number of benzene rings is 1. The highest BCUT2D eigenvalue weighted by molar-refractivity contribution is 5.16. The molecule has 0 amide bonds. The van der Waals surface area contributed by atoms with Crippen LogP contribution in [0.3, 0.4) is 0 Å². The van der Waals surface area contributed by atoms with Crippen molar-refractivity contribution in [2.75, 3.05) is 20.1 Å². The van der Waals surface area contributed by atoms with Gasteiger partial charge in [-0.1, -0.05) is 26.0 Å². The Kier molecular flexibility index (Phi) is 5.17. The van der Waals surface area contributed by atoms with Crippen molar-refractivity contribution < 1.29 is 4.39 Å². The SMILES string of the molecule is CCC(C)(CNC1CC1)CN(C)Cc1cccc(F)c1. The lowest BCUT2D eigenvalue weighted by Gasteiger charge is -2.33. The molecule has 1 aromatic rings. The second-order valence-corrected chi connectivity index (χ2v) is 6.62. The minimum Gasteiger partial charge on any atom is -0.313 e. The molecule has 20 heavy (non-hydrogen) atoms. The molecule has 1 unspecified atom stereocenters. The van der Waals surface area contributed by atoms with Crippen molar-refractivity contribution in [3.8, 4) is 0 Å². The number of nitrogens with one attached hydrogen (secondary N) is 1. The highest BCUT2D eigenvalue weighted by Crippen LogP contribution is 2.25. The fraction of sp³-hybridized carbons (Fsp3) is 0.647. The zero-order valence-electron chi connectivity index (χ0n) is 13.0. The summed E-state index contributed by atoms with van der Waals surface area (Å²) in [4.78, 5) is 2.30. The number of hydrogen-bond donors (Lipinski definition) is 1. The molecule has 0 bridgehead atoms. The van der Waals surface area contributed by atoms with Crippen LogP contribution in [0.2, 0.25) is 0 Å². The summed E-state index contributed by atoms with van der Waals surface area (Å²) in [6, 6.07) is 7.66. The molecular formula is C17H27FN2. The summed E-state index contributed by atoms with van der Waals surface area (Å²) < 4.78 is 13.2. The van der Waals surface area contributed by atoms with E-state index in [4.69, 9.17) is 0 Å². The van der Waals surface area contributed by atoms with Crippen LogP contribution in [0, 0.1) is 11.2 Å². The Labute approximate surface area is 122 Å². The third kappa shape index (κ3) is 4.88. The number of rotatable bonds is 8. The Morgan fingerprint density at radius 2 is 2.15 bits per heavy atom. The first kappa shape index (κ1) is 15.5. The molecule has 0 heterocycles. The Morgan fingerprint density at radius 1 is 1.40 bits per heavy atom. The maximum atomic E-state index is 13.2.